The van der Waals surface area contributed by atoms with E-state index in [0.717, 1.165) is 24.1 Å². The molecule has 0 atom stereocenters. The monoisotopic (exact) mass is 337 g/mol. The lowest BCUT2D eigenvalue weighted by atomic mass is 10.1. The third-order valence-electron chi connectivity index (χ3n) is 3.75. The molecule has 1 saturated heterocycles. The molecule has 0 bridgehead atoms. The smallest absolute Gasteiger partial charge is 0.196 e. The second-order valence-corrected chi connectivity index (χ2v) is 8.05. The lowest BCUT2D eigenvalue weighted by Crippen LogP contribution is -2.21. The van der Waals surface area contributed by atoms with Gasteiger partial charge in [0.1, 0.15) is 5.58 Å². The van der Waals surface area contributed by atoms with Crippen LogP contribution in [0.2, 0.25) is 0 Å². The third-order valence-corrected chi connectivity index (χ3v) is 7.14. The fourth-order valence-corrected chi connectivity index (χ4v) is 5.89. The summed E-state index contributed by atoms with van der Waals surface area (Å²) < 4.78 is 7.03. The molecule has 21 heavy (non-hydrogen) atoms. The van der Waals surface area contributed by atoms with Gasteiger partial charge in [0, 0.05) is 47.3 Å². The maximum Gasteiger partial charge on any atom is 0.196 e. The molecular formula is C16H19NOS3. The highest BCUT2D eigenvalue weighted by atomic mass is 32.2. The number of anilines is 1. The van der Waals surface area contributed by atoms with Crippen LogP contribution in [-0.2, 0) is 0 Å². The minimum Gasteiger partial charge on any atom is -0.445 e. The number of rotatable bonds is 4. The molecule has 1 fully saturated rings. The van der Waals surface area contributed by atoms with E-state index in [0.29, 0.717) is 9.29 Å². The summed E-state index contributed by atoms with van der Waals surface area (Å²) in [5.74, 6) is 2.39. The summed E-state index contributed by atoms with van der Waals surface area (Å²) in [7, 11) is 0. The van der Waals surface area contributed by atoms with Gasteiger partial charge in [-0.1, -0.05) is 0 Å². The molecule has 3 rings (SSSR count). The summed E-state index contributed by atoms with van der Waals surface area (Å²) in [5.41, 5.74) is 3.25. The molecule has 1 aliphatic heterocycles. The standard InChI is InChI=1S/C16H19NOS3/c1-3-17(4-2)12-6-5-11-9-13(16-20-7-8-21-16)15(19)18-14(11)10-12/h5-6,9-10,16H,3-4,7-8H2,1-2H3. The van der Waals surface area contributed by atoms with E-state index < -0.39 is 0 Å². The van der Waals surface area contributed by atoms with Crippen LogP contribution >= 0.6 is 35.7 Å². The highest BCUT2D eigenvalue weighted by Crippen LogP contribution is 2.46. The molecule has 112 valence electrons. The van der Waals surface area contributed by atoms with E-state index in [4.69, 9.17) is 16.6 Å². The Bertz CT molecular complexity index is 687. The highest BCUT2D eigenvalue weighted by molar-refractivity contribution is 8.19. The van der Waals surface area contributed by atoms with Crippen molar-refractivity contribution in [2.75, 3.05) is 29.5 Å². The molecule has 1 aromatic carbocycles. The van der Waals surface area contributed by atoms with Crippen molar-refractivity contribution < 1.29 is 4.42 Å². The van der Waals surface area contributed by atoms with Gasteiger partial charge in [-0.3, -0.25) is 0 Å². The normalized spacial score (nSPS) is 15.7. The Morgan fingerprint density at radius 1 is 1.19 bits per heavy atom. The summed E-state index contributed by atoms with van der Waals surface area (Å²) in [6.45, 7) is 6.33. The Labute approximate surface area is 139 Å². The van der Waals surface area contributed by atoms with Gasteiger partial charge in [-0.15, -0.1) is 23.5 Å². The molecule has 2 heterocycles. The number of thioether (sulfide) groups is 2. The van der Waals surface area contributed by atoms with Crippen LogP contribution in [0, 0.1) is 4.71 Å². The molecule has 1 aromatic heterocycles. The first-order chi connectivity index (χ1) is 10.2. The van der Waals surface area contributed by atoms with E-state index in [1.165, 1.54) is 22.8 Å². The molecule has 0 unspecified atom stereocenters. The molecule has 0 spiro atoms. The molecule has 2 aromatic rings. The zero-order chi connectivity index (χ0) is 14.8. The van der Waals surface area contributed by atoms with Gasteiger partial charge in [0.15, 0.2) is 4.71 Å². The van der Waals surface area contributed by atoms with Crippen molar-refractivity contribution in [3.63, 3.8) is 0 Å². The van der Waals surface area contributed by atoms with Gasteiger partial charge in [-0.25, -0.2) is 0 Å². The van der Waals surface area contributed by atoms with E-state index in [-0.39, 0.29) is 0 Å². The lowest BCUT2D eigenvalue weighted by Gasteiger charge is -2.21. The van der Waals surface area contributed by atoms with Gasteiger partial charge in [0.05, 0.1) is 4.58 Å². The predicted molar refractivity (Wildman–Crippen MR) is 98.3 cm³/mol. The Morgan fingerprint density at radius 3 is 2.57 bits per heavy atom. The van der Waals surface area contributed by atoms with Crippen LogP contribution in [0.3, 0.4) is 0 Å². The van der Waals surface area contributed by atoms with Crippen molar-refractivity contribution in [1.82, 2.24) is 0 Å². The number of nitrogens with zero attached hydrogens (tertiary/aromatic N) is 1. The van der Waals surface area contributed by atoms with Gasteiger partial charge in [-0.05, 0) is 44.3 Å². The fourth-order valence-electron chi connectivity index (χ4n) is 2.60. The van der Waals surface area contributed by atoms with Crippen molar-refractivity contribution in [3.8, 4) is 0 Å². The molecule has 0 saturated carbocycles. The first-order valence-electron chi connectivity index (χ1n) is 7.29. The summed E-state index contributed by atoms with van der Waals surface area (Å²) >= 11 is 9.40. The first kappa shape index (κ1) is 15.3. The Morgan fingerprint density at radius 2 is 1.90 bits per heavy atom. The summed E-state index contributed by atoms with van der Waals surface area (Å²) in [6, 6.07) is 8.64. The Balaban J connectivity index is 2.03. The molecule has 0 N–H and O–H groups in total. The van der Waals surface area contributed by atoms with E-state index in [1.807, 2.05) is 23.5 Å². The van der Waals surface area contributed by atoms with Crippen molar-refractivity contribution in [1.29, 1.82) is 0 Å². The van der Waals surface area contributed by atoms with Crippen molar-refractivity contribution in [2.24, 2.45) is 0 Å². The van der Waals surface area contributed by atoms with Crippen molar-refractivity contribution in [3.05, 3.63) is 34.5 Å². The predicted octanol–water partition coefficient (Wildman–Crippen LogP) is 5.49. The largest absolute Gasteiger partial charge is 0.445 e. The SMILES string of the molecule is CCN(CC)c1ccc2cc(C3SCCS3)c(=S)oc2c1. The molecule has 0 radical (unpaired) electrons. The van der Waals surface area contributed by atoms with Crippen molar-refractivity contribution >= 4 is 52.4 Å². The maximum absolute atomic E-state index is 5.95. The van der Waals surface area contributed by atoms with Crippen LogP contribution in [0.15, 0.2) is 28.7 Å². The number of hydrogen-bond acceptors (Lipinski definition) is 5. The molecule has 0 amide bonds. The van der Waals surface area contributed by atoms with Crippen LogP contribution in [0.1, 0.15) is 24.0 Å². The first-order valence-corrected chi connectivity index (χ1v) is 9.79. The molecule has 1 aliphatic rings. The van der Waals surface area contributed by atoms with Gasteiger partial charge in [0.25, 0.3) is 0 Å². The van der Waals surface area contributed by atoms with E-state index >= 15 is 0 Å². The van der Waals surface area contributed by atoms with Gasteiger partial charge < -0.3 is 9.32 Å². The van der Waals surface area contributed by atoms with Gasteiger partial charge in [0.2, 0.25) is 0 Å². The third kappa shape index (κ3) is 3.10. The minimum absolute atomic E-state index is 0.438. The van der Waals surface area contributed by atoms with Gasteiger partial charge >= 0.3 is 0 Å². The summed E-state index contributed by atoms with van der Waals surface area (Å²) in [6.07, 6.45) is 0. The zero-order valence-corrected chi connectivity index (χ0v) is 14.7. The number of fused-ring (bicyclic) bond motifs is 1. The molecule has 2 nitrogen and oxygen atoms in total. The minimum atomic E-state index is 0.438. The highest BCUT2D eigenvalue weighted by Gasteiger charge is 2.21. The summed E-state index contributed by atoms with van der Waals surface area (Å²) in [4.78, 5) is 2.31. The average Bonchev–Trinajstić information content (AvgIpc) is 3.01. The van der Waals surface area contributed by atoms with Gasteiger partial charge in [-0.2, -0.15) is 0 Å². The molecule has 5 heteroatoms. The summed E-state index contributed by atoms with van der Waals surface area (Å²) in [5, 5.41) is 1.14. The second kappa shape index (κ2) is 6.63. The second-order valence-electron chi connectivity index (χ2n) is 4.96. The maximum atomic E-state index is 5.95. The topological polar surface area (TPSA) is 16.4 Å². The quantitative estimate of drug-likeness (QED) is 0.684. The number of benzene rings is 1. The number of hydrogen-bond donors (Lipinski definition) is 0. The molecular weight excluding hydrogens is 318 g/mol. The van der Waals surface area contributed by atoms with Crippen LogP contribution in [0.25, 0.3) is 11.0 Å². The van der Waals surface area contributed by atoms with E-state index in [2.05, 4.69) is 43.0 Å². The van der Waals surface area contributed by atoms with Crippen LogP contribution in [0.5, 0.6) is 0 Å². The fraction of sp³-hybridized carbons (Fsp3) is 0.438. The van der Waals surface area contributed by atoms with Crippen molar-refractivity contribution in [2.45, 2.75) is 18.4 Å². The van der Waals surface area contributed by atoms with E-state index in [9.17, 15) is 0 Å². The van der Waals surface area contributed by atoms with Crippen LogP contribution in [0.4, 0.5) is 5.69 Å². The van der Waals surface area contributed by atoms with E-state index in [1.54, 1.807) is 0 Å². The average molecular weight is 338 g/mol. The molecule has 0 aliphatic carbocycles. The lowest BCUT2D eigenvalue weighted by molar-refractivity contribution is 0.580. The Kier molecular flexibility index (Phi) is 4.82. The zero-order valence-electron chi connectivity index (χ0n) is 12.3. The Hall–Kier alpha value is -0.650. The van der Waals surface area contributed by atoms with Crippen LogP contribution in [-0.4, -0.2) is 24.6 Å². The van der Waals surface area contributed by atoms with Crippen LogP contribution < -0.4 is 4.90 Å².